The Morgan fingerprint density at radius 3 is 2.46 bits per heavy atom. The average molecular weight is 387 g/mol. The number of nitrogens with zero attached hydrogens (tertiary/aromatic N) is 4. The second kappa shape index (κ2) is 8.54. The van der Waals surface area contributed by atoms with E-state index in [1.807, 2.05) is 49.3 Å². The van der Waals surface area contributed by atoms with Crippen LogP contribution in [0.25, 0.3) is 0 Å². The van der Waals surface area contributed by atoms with Crippen molar-refractivity contribution in [2.24, 2.45) is 7.05 Å². The maximum Gasteiger partial charge on any atom is 0.451 e. The van der Waals surface area contributed by atoms with Gasteiger partial charge in [-0.25, -0.2) is 0 Å². The van der Waals surface area contributed by atoms with E-state index in [2.05, 4.69) is 15.5 Å². The molecule has 1 heterocycles. The summed E-state index contributed by atoms with van der Waals surface area (Å²) >= 11 is 0.912. The Morgan fingerprint density at radius 1 is 1.27 bits per heavy atom. The summed E-state index contributed by atoms with van der Waals surface area (Å²) in [7, 11) is 5.05. The van der Waals surface area contributed by atoms with Crippen LogP contribution in [0.5, 0.6) is 0 Å². The number of alkyl halides is 3. The fraction of sp³-hybridized carbons (Fsp3) is 0.438. The number of amides is 1. The molecule has 1 N–H and O–H groups in total. The fourth-order valence-electron chi connectivity index (χ4n) is 2.35. The third kappa shape index (κ3) is 5.21. The van der Waals surface area contributed by atoms with E-state index < -0.39 is 12.0 Å². The lowest BCUT2D eigenvalue weighted by molar-refractivity contribution is -0.147. The summed E-state index contributed by atoms with van der Waals surface area (Å²) in [5, 5.41) is 9.47. The predicted molar refractivity (Wildman–Crippen MR) is 92.6 cm³/mol. The monoisotopic (exact) mass is 387 g/mol. The van der Waals surface area contributed by atoms with Crippen molar-refractivity contribution in [1.29, 1.82) is 0 Å². The molecule has 1 aromatic heterocycles. The third-order valence-electron chi connectivity index (χ3n) is 3.72. The highest BCUT2D eigenvalue weighted by molar-refractivity contribution is 7.99. The Bertz CT molecular complexity index is 733. The highest BCUT2D eigenvalue weighted by Gasteiger charge is 2.37. The van der Waals surface area contributed by atoms with Crippen molar-refractivity contribution in [3.63, 3.8) is 0 Å². The molecule has 10 heteroatoms. The number of aromatic nitrogens is 3. The van der Waals surface area contributed by atoms with Crippen LogP contribution in [-0.2, 0) is 18.0 Å². The minimum absolute atomic E-state index is 0.00295. The number of carbonyl (C=O) groups is 1. The molecule has 0 fully saturated rings. The largest absolute Gasteiger partial charge is 0.451 e. The van der Waals surface area contributed by atoms with E-state index in [0.29, 0.717) is 6.54 Å². The molecule has 1 aromatic carbocycles. The van der Waals surface area contributed by atoms with Gasteiger partial charge in [-0.3, -0.25) is 4.79 Å². The molecule has 0 spiro atoms. The minimum Gasteiger partial charge on any atom is -0.353 e. The van der Waals surface area contributed by atoms with E-state index in [-0.39, 0.29) is 22.9 Å². The summed E-state index contributed by atoms with van der Waals surface area (Å²) in [6.45, 7) is 0.392. The molecule has 142 valence electrons. The Labute approximate surface area is 153 Å². The first-order chi connectivity index (χ1) is 12.2. The Balaban J connectivity index is 1.90. The third-order valence-corrected chi connectivity index (χ3v) is 4.74. The van der Waals surface area contributed by atoms with Gasteiger partial charge < -0.3 is 14.8 Å². The van der Waals surface area contributed by atoms with E-state index in [9.17, 15) is 18.0 Å². The van der Waals surface area contributed by atoms with Crippen LogP contribution >= 0.6 is 11.8 Å². The van der Waals surface area contributed by atoms with E-state index in [1.165, 1.54) is 7.05 Å². The van der Waals surface area contributed by atoms with Crippen LogP contribution in [0.4, 0.5) is 13.2 Å². The highest BCUT2D eigenvalue weighted by atomic mass is 32.2. The van der Waals surface area contributed by atoms with Gasteiger partial charge in [-0.05, 0) is 19.7 Å². The van der Waals surface area contributed by atoms with Gasteiger partial charge in [-0.15, -0.1) is 10.2 Å². The molecule has 2 rings (SSSR count). The summed E-state index contributed by atoms with van der Waals surface area (Å²) in [6, 6.07) is 9.72. The van der Waals surface area contributed by atoms with Gasteiger partial charge in [-0.2, -0.15) is 13.2 Å². The summed E-state index contributed by atoms with van der Waals surface area (Å²) in [4.78, 5) is 14.0. The van der Waals surface area contributed by atoms with Crippen molar-refractivity contribution in [3.8, 4) is 0 Å². The number of carbonyl (C=O) groups excluding carboxylic acids is 1. The lowest BCUT2D eigenvalue weighted by Gasteiger charge is -2.25. The van der Waals surface area contributed by atoms with Crippen LogP contribution in [0.1, 0.15) is 17.4 Å². The Kier molecular flexibility index (Phi) is 6.65. The van der Waals surface area contributed by atoms with Crippen LogP contribution in [0, 0.1) is 0 Å². The molecule has 0 aliphatic rings. The van der Waals surface area contributed by atoms with Gasteiger partial charge in [0.1, 0.15) is 0 Å². The molecule has 0 saturated heterocycles. The number of likely N-dealkylation sites (N-methyl/N-ethyl adjacent to an activating group) is 1. The van der Waals surface area contributed by atoms with Crippen LogP contribution < -0.4 is 5.32 Å². The first kappa shape index (κ1) is 20.2. The summed E-state index contributed by atoms with van der Waals surface area (Å²) in [6.07, 6.45) is -4.57. The molecule has 6 nitrogen and oxygen atoms in total. The molecule has 1 atom stereocenters. The zero-order valence-corrected chi connectivity index (χ0v) is 15.4. The van der Waals surface area contributed by atoms with Gasteiger partial charge in [0.25, 0.3) is 0 Å². The van der Waals surface area contributed by atoms with Gasteiger partial charge in [0.05, 0.1) is 11.8 Å². The van der Waals surface area contributed by atoms with E-state index in [0.717, 1.165) is 21.9 Å². The van der Waals surface area contributed by atoms with E-state index >= 15 is 0 Å². The van der Waals surface area contributed by atoms with Crippen molar-refractivity contribution in [1.82, 2.24) is 25.0 Å². The van der Waals surface area contributed by atoms with Gasteiger partial charge >= 0.3 is 6.18 Å². The molecular formula is C16H20F3N5OS. The number of halogens is 3. The number of rotatable bonds is 7. The molecule has 0 bridgehead atoms. The van der Waals surface area contributed by atoms with Crippen molar-refractivity contribution < 1.29 is 18.0 Å². The number of hydrogen-bond donors (Lipinski definition) is 1. The minimum atomic E-state index is -4.57. The maximum atomic E-state index is 12.7. The zero-order valence-electron chi connectivity index (χ0n) is 14.6. The predicted octanol–water partition coefficient (Wildman–Crippen LogP) is 2.35. The topological polar surface area (TPSA) is 63.1 Å². The molecule has 1 amide bonds. The zero-order chi connectivity index (χ0) is 19.3. The van der Waals surface area contributed by atoms with Crippen molar-refractivity contribution in [2.45, 2.75) is 17.4 Å². The Morgan fingerprint density at radius 2 is 1.92 bits per heavy atom. The van der Waals surface area contributed by atoms with Crippen LogP contribution in [-0.4, -0.2) is 52.0 Å². The smallest absolute Gasteiger partial charge is 0.353 e. The molecule has 0 saturated carbocycles. The molecule has 0 unspecified atom stereocenters. The number of hydrogen-bond acceptors (Lipinski definition) is 5. The standard InChI is InChI=1S/C16H20F3N5OS/c1-23(2)12(11-7-5-4-6-8-11)9-20-13(25)10-26-15-22-21-14(24(15)3)16(17,18)19/h4-8,12H,9-10H2,1-3H3,(H,20,25)/t12-/m1/s1. The van der Waals surface area contributed by atoms with Gasteiger partial charge in [-0.1, -0.05) is 42.1 Å². The first-order valence-corrected chi connectivity index (χ1v) is 8.76. The summed E-state index contributed by atoms with van der Waals surface area (Å²) in [5.74, 6) is -1.41. The molecule has 0 radical (unpaired) electrons. The number of nitrogens with one attached hydrogen (secondary N) is 1. The van der Waals surface area contributed by atoms with E-state index in [1.54, 1.807) is 0 Å². The van der Waals surface area contributed by atoms with Crippen molar-refractivity contribution >= 4 is 17.7 Å². The summed E-state index contributed by atoms with van der Waals surface area (Å²) < 4.78 is 38.9. The molecular weight excluding hydrogens is 367 g/mol. The quantitative estimate of drug-likeness (QED) is 0.739. The van der Waals surface area contributed by atoms with Gasteiger partial charge in [0.15, 0.2) is 5.16 Å². The van der Waals surface area contributed by atoms with Gasteiger partial charge in [0, 0.05) is 13.6 Å². The van der Waals surface area contributed by atoms with Crippen LogP contribution in [0.2, 0.25) is 0 Å². The first-order valence-electron chi connectivity index (χ1n) is 7.77. The maximum absolute atomic E-state index is 12.7. The highest BCUT2D eigenvalue weighted by Crippen LogP contribution is 2.29. The van der Waals surface area contributed by atoms with Crippen molar-refractivity contribution in [3.05, 3.63) is 41.7 Å². The van der Waals surface area contributed by atoms with Crippen molar-refractivity contribution in [2.75, 3.05) is 26.4 Å². The Hall–Kier alpha value is -2.07. The SMILES string of the molecule is CN(C)[C@H](CNC(=O)CSc1nnc(C(F)(F)F)n1C)c1ccccc1. The lowest BCUT2D eigenvalue weighted by Crippen LogP contribution is -2.35. The second-order valence-electron chi connectivity index (χ2n) is 5.85. The van der Waals surface area contributed by atoms with Crippen LogP contribution in [0.15, 0.2) is 35.5 Å². The number of benzene rings is 1. The summed E-state index contributed by atoms with van der Waals surface area (Å²) in [5.41, 5.74) is 1.06. The lowest BCUT2D eigenvalue weighted by atomic mass is 10.1. The molecule has 2 aromatic rings. The molecule has 26 heavy (non-hydrogen) atoms. The normalized spacial score (nSPS) is 13.0. The number of thioether (sulfide) groups is 1. The van der Waals surface area contributed by atoms with Crippen LogP contribution in [0.3, 0.4) is 0 Å². The fourth-order valence-corrected chi connectivity index (χ4v) is 3.09. The second-order valence-corrected chi connectivity index (χ2v) is 6.79. The average Bonchev–Trinajstić information content (AvgIpc) is 2.95. The molecule has 0 aliphatic carbocycles. The van der Waals surface area contributed by atoms with Gasteiger partial charge in [0.2, 0.25) is 11.7 Å². The molecule has 0 aliphatic heterocycles. The van der Waals surface area contributed by atoms with E-state index in [4.69, 9.17) is 0 Å².